The molecule has 0 unspecified atom stereocenters. The number of allylic oxidation sites excluding steroid dienone is 1. The summed E-state index contributed by atoms with van der Waals surface area (Å²) >= 11 is 0. The molecule has 2 aliphatic carbocycles. The molecular weight excluding hydrogens is 324 g/mol. The number of rotatable bonds is 6. The fourth-order valence-electron chi connectivity index (χ4n) is 4.79. The molecule has 2 heterocycles. The summed E-state index contributed by atoms with van der Waals surface area (Å²) in [7, 11) is 0. The Morgan fingerprint density at radius 3 is 2.92 bits per heavy atom. The van der Waals surface area contributed by atoms with Crippen molar-refractivity contribution in [1.82, 2.24) is 20.2 Å². The summed E-state index contributed by atoms with van der Waals surface area (Å²) in [4.78, 5) is 22.6. The van der Waals surface area contributed by atoms with E-state index in [-0.39, 0.29) is 5.92 Å². The summed E-state index contributed by atoms with van der Waals surface area (Å²) in [5.74, 6) is 0.565. The molecule has 1 saturated carbocycles. The topological polar surface area (TPSA) is 61.0 Å². The van der Waals surface area contributed by atoms with Crippen LogP contribution in [0.25, 0.3) is 0 Å². The predicted molar refractivity (Wildman–Crippen MR) is 103 cm³/mol. The molecule has 1 aliphatic heterocycles. The lowest BCUT2D eigenvalue weighted by molar-refractivity contribution is -0.123. The van der Waals surface area contributed by atoms with E-state index >= 15 is 0 Å². The molecule has 2 N–H and O–H groups in total. The van der Waals surface area contributed by atoms with Gasteiger partial charge in [-0.25, -0.2) is 4.98 Å². The van der Waals surface area contributed by atoms with E-state index in [0.717, 1.165) is 57.6 Å². The molecule has 26 heavy (non-hydrogen) atoms. The van der Waals surface area contributed by atoms with Gasteiger partial charge in [0.25, 0.3) is 0 Å². The molecule has 1 aromatic rings. The quantitative estimate of drug-likeness (QED) is 0.769. The number of aryl methyl sites for hydroxylation is 1. The van der Waals surface area contributed by atoms with Crippen molar-refractivity contribution in [2.75, 3.05) is 19.6 Å². The largest absolute Gasteiger partial charge is 0.356 e. The second-order valence-corrected chi connectivity index (χ2v) is 8.52. The SMILES string of the molecule is Cc1[nH]cnc1CN1CCC2(CC1)C[C@H]2C(=O)NCCC1=CCCCC1. The number of aromatic amines is 1. The first-order valence-electron chi connectivity index (χ1n) is 10.3. The number of piperidine rings is 1. The van der Waals surface area contributed by atoms with Crippen LogP contribution in [0.2, 0.25) is 0 Å². The van der Waals surface area contributed by atoms with Crippen LogP contribution in [0, 0.1) is 18.3 Å². The van der Waals surface area contributed by atoms with Gasteiger partial charge < -0.3 is 10.3 Å². The summed E-state index contributed by atoms with van der Waals surface area (Å²) in [6, 6.07) is 0. The molecule has 142 valence electrons. The summed E-state index contributed by atoms with van der Waals surface area (Å²) < 4.78 is 0. The van der Waals surface area contributed by atoms with Crippen LogP contribution in [0.3, 0.4) is 0 Å². The number of H-pyrrole nitrogens is 1. The monoisotopic (exact) mass is 356 g/mol. The zero-order valence-corrected chi connectivity index (χ0v) is 16.0. The Morgan fingerprint density at radius 1 is 1.38 bits per heavy atom. The maximum atomic E-state index is 12.5. The zero-order chi connectivity index (χ0) is 18.0. The molecular formula is C21H32N4O. The lowest BCUT2D eigenvalue weighted by Gasteiger charge is -2.32. The molecule has 5 nitrogen and oxygen atoms in total. The van der Waals surface area contributed by atoms with Crippen molar-refractivity contribution >= 4 is 5.91 Å². The normalized spacial score (nSPS) is 25.1. The fraction of sp³-hybridized carbons (Fsp3) is 0.714. The van der Waals surface area contributed by atoms with Crippen LogP contribution in [-0.2, 0) is 11.3 Å². The summed E-state index contributed by atoms with van der Waals surface area (Å²) in [5, 5.41) is 3.21. The minimum Gasteiger partial charge on any atom is -0.356 e. The Hall–Kier alpha value is -1.62. The van der Waals surface area contributed by atoms with Crippen molar-refractivity contribution in [1.29, 1.82) is 0 Å². The van der Waals surface area contributed by atoms with Crippen LogP contribution in [0.1, 0.15) is 62.8 Å². The van der Waals surface area contributed by atoms with Crippen molar-refractivity contribution in [2.45, 2.75) is 64.8 Å². The van der Waals surface area contributed by atoms with Gasteiger partial charge in [0.05, 0.1) is 12.0 Å². The van der Waals surface area contributed by atoms with Gasteiger partial charge in [-0.05, 0) is 76.8 Å². The van der Waals surface area contributed by atoms with E-state index < -0.39 is 0 Å². The molecule has 1 spiro atoms. The van der Waals surface area contributed by atoms with Crippen LogP contribution < -0.4 is 5.32 Å². The molecule has 0 radical (unpaired) electrons. The number of nitrogens with one attached hydrogen (secondary N) is 2. The summed E-state index contributed by atoms with van der Waals surface area (Å²) in [6.45, 7) is 6.00. The summed E-state index contributed by atoms with van der Waals surface area (Å²) in [5.41, 5.74) is 4.17. The van der Waals surface area contributed by atoms with Crippen LogP contribution in [0.15, 0.2) is 18.0 Å². The van der Waals surface area contributed by atoms with E-state index in [9.17, 15) is 4.79 Å². The number of carbonyl (C=O) groups excluding carboxylic acids is 1. The Balaban J connectivity index is 1.19. The number of carbonyl (C=O) groups is 1. The number of nitrogens with zero attached hydrogens (tertiary/aromatic N) is 2. The van der Waals surface area contributed by atoms with Gasteiger partial charge in [-0.1, -0.05) is 11.6 Å². The van der Waals surface area contributed by atoms with Crippen LogP contribution >= 0.6 is 0 Å². The van der Waals surface area contributed by atoms with E-state index in [2.05, 4.69) is 33.2 Å². The number of imidazole rings is 1. The van der Waals surface area contributed by atoms with Crippen LogP contribution in [0.5, 0.6) is 0 Å². The molecule has 4 rings (SSSR count). The third-order valence-electron chi connectivity index (χ3n) is 6.80. The van der Waals surface area contributed by atoms with Crippen molar-refractivity contribution in [3.63, 3.8) is 0 Å². The molecule has 3 aliphatic rings. The van der Waals surface area contributed by atoms with Gasteiger partial charge in [0, 0.05) is 24.7 Å². The summed E-state index contributed by atoms with van der Waals surface area (Å²) in [6.07, 6.45) is 13.7. The van der Waals surface area contributed by atoms with Gasteiger partial charge in [0.2, 0.25) is 5.91 Å². The highest BCUT2D eigenvalue weighted by Crippen LogP contribution is 2.59. The molecule has 1 saturated heterocycles. The van der Waals surface area contributed by atoms with E-state index in [1.807, 2.05) is 0 Å². The van der Waals surface area contributed by atoms with E-state index in [1.54, 1.807) is 11.9 Å². The Kier molecular flexibility index (Phi) is 5.16. The van der Waals surface area contributed by atoms with Crippen molar-refractivity contribution in [3.8, 4) is 0 Å². The fourth-order valence-corrected chi connectivity index (χ4v) is 4.79. The molecule has 1 amide bonds. The average molecular weight is 357 g/mol. The molecule has 1 aromatic heterocycles. The molecule has 1 atom stereocenters. The third-order valence-corrected chi connectivity index (χ3v) is 6.80. The van der Waals surface area contributed by atoms with E-state index in [4.69, 9.17) is 0 Å². The number of amides is 1. The first-order chi connectivity index (χ1) is 12.7. The Labute approximate surface area is 156 Å². The number of likely N-dealkylation sites (tertiary alicyclic amines) is 1. The Bertz CT molecular complexity index is 669. The van der Waals surface area contributed by atoms with Crippen LogP contribution in [0.4, 0.5) is 0 Å². The zero-order valence-electron chi connectivity index (χ0n) is 16.0. The first kappa shape index (κ1) is 17.8. The lowest BCUT2D eigenvalue weighted by atomic mass is 9.90. The average Bonchev–Trinajstić information content (AvgIpc) is 3.22. The Morgan fingerprint density at radius 2 is 2.23 bits per heavy atom. The van der Waals surface area contributed by atoms with Gasteiger partial charge >= 0.3 is 0 Å². The van der Waals surface area contributed by atoms with Gasteiger partial charge in [0.15, 0.2) is 0 Å². The van der Waals surface area contributed by atoms with E-state index in [0.29, 0.717) is 11.3 Å². The predicted octanol–water partition coefficient (Wildman–Crippen LogP) is 3.33. The lowest BCUT2D eigenvalue weighted by Crippen LogP contribution is -2.37. The third kappa shape index (κ3) is 3.88. The minimum atomic E-state index is 0.261. The van der Waals surface area contributed by atoms with E-state index in [1.165, 1.54) is 31.4 Å². The molecule has 0 bridgehead atoms. The highest BCUT2D eigenvalue weighted by Gasteiger charge is 2.58. The highest BCUT2D eigenvalue weighted by atomic mass is 16.2. The first-order valence-corrected chi connectivity index (χ1v) is 10.3. The van der Waals surface area contributed by atoms with Crippen LogP contribution in [-0.4, -0.2) is 40.4 Å². The van der Waals surface area contributed by atoms with Gasteiger partial charge in [0.1, 0.15) is 0 Å². The van der Waals surface area contributed by atoms with Gasteiger partial charge in [-0.3, -0.25) is 9.69 Å². The van der Waals surface area contributed by atoms with Gasteiger partial charge in [-0.15, -0.1) is 0 Å². The maximum Gasteiger partial charge on any atom is 0.223 e. The number of aromatic nitrogens is 2. The number of hydrogen-bond donors (Lipinski definition) is 2. The smallest absolute Gasteiger partial charge is 0.223 e. The van der Waals surface area contributed by atoms with Crippen molar-refractivity contribution < 1.29 is 4.79 Å². The minimum absolute atomic E-state index is 0.261. The van der Waals surface area contributed by atoms with Crippen molar-refractivity contribution in [2.24, 2.45) is 11.3 Å². The highest BCUT2D eigenvalue weighted by molar-refractivity contribution is 5.82. The number of hydrogen-bond acceptors (Lipinski definition) is 3. The molecule has 0 aromatic carbocycles. The second-order valence-electron chi connectivity index (χ2n) is 8.52. The van der Waals surface area contributed by atoms with Gasteiger partial charge in [-0.2, -0.15) is 0 Å². The second kappa shape index (κ2) is 7.55. The standard InChI is InChI=1S/C21H32N4O/c1-16-19(24-15-23-16)14-25-11-8-21(9-12-25)13-18(21)20(26)22-10-7-17-5-3-2-4-6-17/h5,15,18H,2-4,6-14H2,1H3,(H,22,26)(H,23,24)/t18-/m0/s1. The molecule has 5 heteroatoms. The molecule has 2 fully saturated rings. The van der Waals surface area contributed by atoms with Crippen molar-refractivity contribution in [3.05, 3.63) is 29.4 Å². The maximum absolute atomic E-state index is 12.5.